The Balaban J connectivity index is 1.37. The molecule has 0 saturated carbocycles. The standard InChI is InChI=1S/C26H34ClN5O7/c1-26(2,3)37-25(33)32-16-7-9-19(32)18(28-12-16)14-36-24-23-20(11-22(27)29-24)31(39-30-38-23)13-15-6-8-17(34-4)10-21(15)35-5/h6,8,10-11,16,18-19,28,30H,7,9,12-14H2,1-5H3/t16-,18-,19+/m1/s1. The second kappa shape index (κ2) is 10.9. The molecule has 3 atom stereocenters. The van der Waals surface area contributed by atoms with E-state index in [1.165, 1.54) is 0 Å². The lowest BCUT2D eigenvalue weighted by atomic mass is 10.1. The molecule has 1 amide bonds. The number of carbonyl (C=O) groups is 1. The molecular formula is C26H34ClN5O7. The number of hydrogen-bond acceptors (Lipinski definition) is 9. The smallest absolute Gasteiger partial charge is 0.410 e. The Kier molecular flexibility index (Phi) is 7.59. The van der Waals surface area contributed by atoms with Gasteiger partial charge in [-0.1, -0.05) is 16.9 Å². The van der Waals surface area contributed by atoms with Crippen LogP contribution in [0.2, 0.25) is 5.15 Å². The molecule has 0 aliphatic carbocycles. The number of halogens is 1. The molecule has 3 aromatic rings. The van der Waals surface area contributed by atoms with Crippen LogP contribution in [-0.2, 0) is 11.3 Å². The van der Waals surface area contributed by atoms with Crippen LogP contribution in [0.1, 0.15) is 39.2 Å². The van der Waals surface area contributed by atoms with Gasteiger partial charge in [-0.25, -0.2) is 4.79 Å². The van der Waals surface area contributed by atoms with Gasteiger partial charge >= 0.3 is 6.09 Å². The Morgan fingerprint density at radius 1 is 1.21 bits per heavy atom. The molecule has 39 heavy (non-hydrogen) atoms. The van der Waals surface area contributed by atoms with Gasteiger partial charge in [0.05, 0.1) is 32.8 Å². The van der Waals surface area contributed by atoms with Crippen molar-refractivity contribution in [2.75, 3.05) is 27.4 Å². The number of pyridine rings is 1. The molecule has 13 heteroatoms. The highest BCUT2D eigenvalue weighted by atomic mass is 35.5. The summed E-state index contributed by atoms with van der Waals surface area (Å²) in [6, 6.07) is 7.07. The summed E-state index contributed by atoms with van der Waals surface area (Å²) >= 11 is 6.38. The molecule has 0 unspecified atom stereocenters. The molecule has 212 valence electrons. The van der Waals surface area contributed by atoms with Crippen molar-refractivity contribution >= 4 is 28.8 Å². The van der Waals surface area contributed by atoms with E-state index in [1.807, 2.05) is 37.8 Å². The first-order valence-electron chi connectivity index (χ1n) is 12.8. The average molecular weight is 564 g/mol. The zero-order valence-electron chi connectivity index (χ0n) is 22.7. The van der Waals surface area contributed by atoms with Crippen molar-refractivity contribution in [3.8, 4) is 17.4 Å². The van der Waals surface area contributed by atoms with E-state index in [0.717, 1.165) is 18.4 Å². The Labute approximate surface area is 230 Å². The summed E-state index contributed by atoms with van der Waals surface area (Å²) in [4.78, 5) is 19.1. The molecular weight excluding hydrogens is 530 g/mol. The maximum absolute atomic E-state index is 12.9. The van der Waals surface area contributed by atoms with Crippen molar-refractivity contribution in [1.82, 2.24) is 25.3 Å². The summed E-state index contributed by atoms with van der Waals surface area (Å²) < 4.78 is 35.3. The predicted octanol–water partition coefficient (Wildman–Crippen LogP) is 4.51. The Morgan fingerprint density at radius 2 is 2.03 bits per heavy atom. The van der Waals surface area contributed by atoms with E-state index in [9.17, 15) is 4.79 Å². The largest absolute Gasteiger partial charge is 0.497 e. The number of piperazine rings is 1. The molecule has 5 rings (SSSR count). The van der Waals surface area contributed by atoms with E-state index in [1.54, 1.807) is 31.1 Å². The highest BCUT2D eigenvalue weighted by molar-refractivity contribution is 6.30. The highest BCUT2D eigenvalue weighted by Gasteiger charge is 2.46. The van der Waals surface area contributed by atoms with E-state index in [2.05, 4.69) is 15.6 Å². The van der Waals surface area contributed by atoms with Crippen molar-refractivity contribution in [2.45, 2.75) is 63.9 Å². The van der Waals surface area contributed by atoms with Crippen molar-refractivity contribution in [3.05, 3.63) is 35.0 Å². The molecule has 2 aliphatic rings. The van der Waals surface area contributed by atoms with Gasteiger partial charge in [0, 0.05) is 30.3 Å². The van der Waals surface area contributed by atoms with Crippen LogP contribution in [0.4, 0.5) is 4.79 Å². The Hall–Kier alpha value is -3.51. The second-order valence-corrected chi connectivity index (χ2v) is 11.0. The van der Waals surface area contributed by atoms with Crippen molar-refractivity contribution in [2.24, 2.45) is 0 Å². The van der Waals surface area contributed by atoms with E-state index in [-0.39, 0.29) is 41.9 Å². The maximum Gasteiger partial charge on any atom is 0.410 e. The van der Waals surface area contributed by atoms with Crippen LogP contribution in [0.5, 0.6) is 17.4 Å². The van der Waals surface area contributed by atoms with Crippen LogP contribution >= 0.6 is 11.6 Å². The third-order valence-corrected chi connectivity index (χ3v) is 7.08. The van der Waals surface area contributed by atoms with Crippen molar-refractivity contribution in [1.29, 1.82) is 0 Å². The number of methoxy groups -OCH3 is 2. The number of aromatic amines is 1. The summed E-state index contributed by atoms with van der Waals surface area (Å²) in [5, 5.41) is 6.16. The lowest BCUT2D eigenvalue weighted by Crippen LogP contribution is -2.61. The SMILES string of the molecule is COc1ccc(Cn2o[nH]oc3c(OC[C@H]4NC[C@H]5CC[C@@H]4N5C(=O)OC(C)(C)C)nc(Cl)cc32)c(OC)c1. The minimum atomic E-state index is -0.564. The van der Waals surface area contributed by atoms with Gasteiger partial charge in [0.25, 0.3) is 5.88 Å². The Bertz CT molecular complexity index is 1370. The number of rotatable bonds is 7. The van der Waals surface area contributed by atoms with E-state index in [4.69, 9.17) is 39.7 Å². The molecule has 12 nitrogen and oxygen atoms in total. The monoisotopic (exact) mass is 563 g/mol. The normalized spacial score (nSPS) is 20.7. The fraction of sp³-hybridized carbons (Fsp3) is 0.538. The fourth-order valence-corrected chi connectivity index (χ4v) is 5.31. The molecule has 2 saturated heterocycles. The molecule has 2 bridgehead atoms. The maximum atomic E-state index is 12.9. The zero-order valence-corrected chi connectivity index (χ0v) is 23.4. The van der Waals surface area contributed by atoms with Crippen molar-refractivity contribution < 1.29 is 32.9 Å². The highest BCUT2D eigenvalue weighted by Crippen LogP contribution is 2.33. The molecule has 2 N–H and O–H groups in total. The number of nitrogens with one attached hydrogen (secondary N) is 2. The van der Waals surface area contributed by atoms with Gasteiger partial charge in [-0.05, 0) is 45.7 Å². The van der Waals surface area contributed by atoms with Gasteiger partial charge in [-0.15, -0.1) is 0 Å². The number of amides is 1. The summed E-state index contributed by atoms with van der Waals surface area (Å²) in [5.74, 6) is 1.51. The number of benzene rings is 1. The molecule has 2 aromatic heterocycles. The lowest BCUT2D eigenvalue weighted by Gasteiger charge is -2.40. The fourth-order valence-electron chi connectivity index (χ4n) is 5.12. The summed E-state index contributed by atoms with van der Waals surface area (Å²) in [7, 11) is 3.19. The van der Waals surface area contributed by atoms with Crippen LogP contribution in [0.25, 0.3) is 11.1 Å². The predicted molar refractivity (Wildman–Crippen MR) is 142 cm³/mol. The number of nitrogens with zero attached hydrogens (tertiary/aromatic N) is 3. The number of ether oxygens (including phenoxy) is 4. The van der Waals surface area contributed by atoms with Gasteiger partial charge < -0.3 is 28.8 Å². The molecule has 0 spiro atoms. The summed E-state index contributed by atoms with van der Waals surface area (Å²) in [6.07, 6.45) is 1.47. The van der Waals surface area contributed by atoms with Crippen LogP contribution in [0.15, 0.2) is 33.4 Å². The number of carbonyl (C=O) groups excluding carboxylic acids is 1. The first-order valence-corrected chi connectivity index (χ1v) is 13.2. The first-order chi connectivity index (χ1) is 18.7. The summed E-state index contributed by atoms with van der Waals surface area (Å²) in [5.41, 5.74) is 1.12. The molecule has 4 heterocycles. The van der Waals surface area contributed by atoms with Gasteiger partial charge in [0.2, 0.25) is 5.58 Å². The number of H-pyrrole nitrogens is 1. The number of fused-ring (bicyclic) bond motifs is 3. The van der Waals surface area contributed by atoms with Crippen LogP contribution < -0.4 is 19.5 Å². The molecule has 2 aliphatic heterocycles. The second-order valence-electron chi connectivity index (χ2n) is 10.6. The van der Waals surface area contributed by atoms with Crippen LogP contribution in [0, 0.1) is 0 Å². The van der Waals surface area contributed by atoms with Gasteiger partial charge in [0.1, 0.15) is 34.4 Å². The van der Waals surface area contributed by atoms with Crippen molar-refractivity contribution in [3.63, 3.8) is 0 Å². The number of aromatic nitrogens is 3. The van der Waals surface area contributed by atoms with Gasteiger partial charge in [-0.3, -0.25) is 9.53 Å². The third kappa shape index (κ3) is 5.76. The van der Waals surface area contributed by atoms with E-state index >= 15 is 0 Å². The minimum Gasteiger partial charge on any atom is -0.497 e. The van der Waals surface area contributed by atoms with Crippen LogP contribution in [0.3, 0.4) is 0 Å². The summed E-state index contributed by atoms with van der Waals surface area (Å²) in [6.45, 7) is 6.82. The van der Waals surface area contributed by atoms with E-state index in [0.29, 0.717) is 35.7 Å². The van der Waals surface area contributed by atoms with Gasteiger partial charge in [-0.2, -0.15) is 9.72 Å². The third-order valence-electron chi connectivity index (χ3n) is 6.89. The quantitative estimate of drug-likeness (QED) is 0.399. The number of hydrogen-bond donors (Lipinski definition) is 2. The molecule has 2 fully saturated rings. The Morgan fingerprint density at radius 3 is 2.77 bits per heavy atom. The zero-order chi connectivity index (χ0) is 27.7. The first kappa shape index (κ1) is 27.1. The van der Waals surface area contributed by atoms with Crippen LogP contribution in [-0.4, -0.2) is 77.1 Å². The molecule has 1 aromatic carbocycles. The average Bonchev–Trinajstić information content (AvgIpc) is 3.22. The molecule has 0 radical (unpaired) electrons. The minimum absolute atomic E-state index is 0.0602. The topological polar surface area (TPSA) is 129 Å². The lowest BCUT2D eigenvalue weighted by molar-refractivity contribution is 0.00103. The van der Waals surface area contributed by atoms with E-state index < -0.39 is 5.60 Å². The van der Waals surface area contributed by atoms with Gasteiger partial charge in [0.15, 0.2) is 0 Å².